The van der Waals surface area contributed by atoms with Crippen LogP contribution in [0.5, 0.6) is 0 Å². The topological polar surface area (TPSA) is 21.3 Å². The molecule has 0 bridgehead atoms. The van der Waals surface area contributed by atoms with Crippen molar-refractivity contribution in [2.45, 2.75) is 103 Å². The molecule has 0 atom stereocenters. The molecular formula is C18H37NO. The Labute approximate surface area is 127 Å². The lowest BCUT2D eigenvalue weighted by molar-refractivity contribution is -0.00975. The second-order valence-electron chi connectivity index (χ2n) is 6.38. The van der Waals surface area contributed by atoms with Gasteiger partial charge < -0.3 is 10.1 Å². The van der Waals surface area contributed by atoms with Gasteiger partial charge in [-0.25, -0.2) is 0 Å². The van der Waals surface area contributed by atoms with Crippen LogP contribution in [-0.4, -0.2) is 25.3 Å². The van der Waals surface area contributed by atoms with Crippen molar-refractivity contribution in [3.8, 4) is 0 Å². The molecule has 1 saturated carbocycles. The third-order valence-corrected chi connectivity index (χ3v) is 4.46. The normalized spacial score (nSPS) is 21.9. The highest BCUT2D eigenvalue weighted by atomic mass is 16.5. The van der Waals surface area contributed by atoms with E-state index in [0.717, 1.165) is 12.6 Å². The van der Waals surface area contributed by atoms with E-state index < -0.39 is 0 Å². The van der Waals surface area contributed by atoms with Crippen LogP contribution in [0.25, 0.3) is 0 Å². The van der Waals surface area contributed by atoms with Crippen molar-refractivity contribution in [3.05, 3.63) is 0 Å². The summed E-state index contributed by atoms with van der Waals surface area (Å²) in [5.74, 6) is 0. The molecule has 1 aliphatic rings. The van der Waals surface area contributed by atoms with Crippen LogP contribution < -0.4 is 5.32 Å². The van der Waals surface area contributed by atoms with E-state index in [2.05, 4.69) is 19.2 Å². The van der Waals surface area contributed by atoms with Crippen molar-refractivity contribution < 1.29 is 4.74 Å². The number of hydrogen-bond donors (Lipinski definition) is 1. The average molecular weight is 284 g/mol. The predicted octanol–water partition coefficient (Wildman–Crippen LogP) is 5.06. The van der Waals surface area contributed by atoms with Gasteiger partial charge in [0.15, 0.2) is 0 Å². The maximum absolute atomic E-state index is 5.57. The van der Waals surface area contributed by atoms with Gasteiger partial charge in [-0.3, -0.25) is 0 Å². The summed E-state index contributed by atoms with van der Waals surface area (Å²) in [5.41, 5.74) is 0. The Morgan fingerprint density at radius 3 is 1.90 bits per heavy atom. The average Bonchev–Trinajstić information content (AvgIpc) is 2.41. The number of hydrogen-bond acceptors (Lipinski definition) is 2. The molecule has 0 aliphatic heterocycles. The molecule has 2 nitrogen and oxygen atoms in total. The van der Waals surface area contributed by atoms with Crippen LogP contribution in [0.15, 0.2) is 0 Å². The third kappa shape index (κ3) is 8.97. The zero-order chi connectivity index (χ0) is 14.5. The summed E-state index contributed by atoms with van der Waals surface area (Å²) in [4.78, 5) is 0. The van der Waals surface area contributed by atoms with Crippen molar-refractivity contribution in [3.63, 3.8) is 0 Å². The Kier molecular flexibility index (Phi) is 11.4. The predicted molar refractivity (Wildman–Crippen MR) is 88.3 cm³/mol. The zero-order valence-corrected chi connectivity index (χ0v) is 14.0. The minimum atomic E-state index is 0.546. The maximum Gasteiger partial charge on any atom is 0.0604 e. The lowest BCUT2D eigenvalue weighted by atomic mass is 9.89. The van der Waals surface area contributed by atoms with Gasteiger partial charge in [0.2, 0.25) is 0 Å². The molecule has 0 spiro atoms. The first-order chi connectivity index (χ1) is 9.86. The fourth-order valence-corrected chi connectivity index (χ4v) is 3.02. The lowest BCUT2D eigenvalue weighted by Gasteiger charge is -2.35. The molecule has 0 aromatic rings. The van der Waals surface area contributed by atoms with Crippen molar-refractivity contribution >= 4 is 0 Å². The van der Waals surface area contributed by atoms with Gasteiger partial charge in [-0.2, -0.15) is 0 Å². The molecule has 2 heteroatoms. The second kappa shape index (κ2) is 12.6. The summed E-state index contributed by atoms with van der Waals surface area (Å²) in [5, 5.41) is 3.65. The van der Waals surface area contributed by atoms with Crippen LogP contribution in [-0.2, 0) is 4.74 Å². The molecule has 1 N–H and O–H groups in total. The van der Waals surface area contributed by atoms with E-state index in [0.29, 0.717) is 6.10 Å². The minimum absolute atomic E-state index is 0.546. The van der Waals surface area contributed by atoms with E-state index in [1.54, 1.807) is 0 Å². The van der Waals surface area contributed by atoms with E-state index in [1.165, 1.54) is 83.6 Å². The molecule has 0 saturated heterocycles. The van der Waals surface area contributed by atoms with Gasteiger partial charge >= 0.3 is 0 Å². The molecule has 0 aromatic carbocycles. The maximum atomic E-state index is 5.57. The Hall–Kier alpha value is -0.0800. The molecule has 1 aliphatic carbocycles. The monoisotopic (exact) mass is 283 g/mol. The Morgan fingerprint density at radius 1 is 0.800 bits per heavy atom. The van der Waals surface area contributed by atoms with Crippen LogP contribution in [0, 0.1) is 0 Å². The van der Waals surface area contributed by atoms with Crippen LogP contribution in [0.1, 0.15) is 90.9 Å². The van der Waals surface area contributed by atoms with Crippen LogP contribution in [0.3, 0.4) is 0 Å². The smallest absolute Gasteiger partial charge is 0.0604 e. The molecule has 120 valence electrons. The summed E-state index contributed by atoms with van der Waals surface area (Å²) >= 11 is 0. The third-order valence-electron chi connectivity index (χ3n) is 4.46. The highest BCUT2D eigenvalue weighted by Gasteiger charge is 2.28. The van der Waals surface area contributed by atoms with E-state index in [9.17, 15) is 0 Å². The lowest BCUT2D eigenvalue weighted by Crippen LogP contribution is -2.45. The summed E-state index contributed by atoms with van der Waals surface area (Å²) in [7, 11) is 0. The van der Waals surface area contributed by atoms with Gasteiger partial charge in [-0.15, -0.1) is 0 Å². The molecule has 20 heavy (non-hydrogen) atoms. The van der Waals surface area contributed by atoms with E-state index in [4.69, 9.17) is 4.74 Å². The summed E-state index contributed by atoms with van der Waals surface area (Å²) in [6.45, 7) is 6.45. The van der Waals surface area contributed by atoms with Crippen LogP contribution in [0.4, 0.5) is 0 Å². The first-order valence-electron chi connectivity index (χ1n) is 9.21. The number of ether oxygens (including phenoxy) is 1. The second-order valence-corrected chi connectivity index (χ2v) is 6.38. The van der Waals surface area contributed by atoms with Gasteiger partial charge in [0, 0.05) is 12.6 Å². The van der Waals surface area contributed by atoms with Crippen molar-refractivity contribution in [2.24, 2.45) is 0 Å². The SMILES string of the molecule is CCCCCCCCCCCCNC1CC(OCC)C1. The van der Waals surface area contributed by atoms with Crippen molar-refractivity contribution in [1.29, 1.82) is 0 Å². The van der Waals surface area contributed by atoms with Gasteiger partial charge in [-0.1, -0.05) is 64.7 Å². The van der Waals surface area contributed by atoms with Crippen molar-refractivity contribution in [1.82, 2.24) is 5.32 Å². The van der Waals surface area contributed by atoms with Gasteiger partial charge in [0.05, 0.1) is 6.10 Å². The van der Waals surface area contributed by atoms with E-state index in [1.807, 2.05) is 0 Å². The zero-order valence-electron chi connectivity index (χ0n) is 14.0. The molecular weight excluding hydrogens is 246 g/mol. The Balaban J connectivity index is 1.69. The van der Waals surface area contributed by atoms with Crippen LogP contribution in [0.2, 0.25) is 0 Å². The van der Waals surface area contributed by atoms with E-state index in [-0.39, 0.29) is 0 Å². The van der Waals surface area contributed by atoms with E-state index >= 15 is 0 Å². The molecule has 1 rings (SSSR count). The Morgan fingerprint density at radius 2 is 1.35 bits per heavy atom. The molecule has 0 unspecified atom stereocenters. The first-order valence-corrected chi connectivity index (χ1v) is 9.21. The largest absolute Gasteiger partial charge is 0.378 e. The molecule has 0 aromatic heterocycles. The molecule has 1 fully saturated rings. The van der Waals surface area contributed by atoms with Crippen LogP contribution >= 0.6 is 0 Å². The minimum Gasteiger partial charge on any atom is -0.378 e. The standard InChI is InChI=1S/C18H37NO/c1-3-5-6-7-8-9-10-11-12-13-14-19-17-15-18(16-17)20-4-2/h17-19H,3-16H2,1-2H3. The fourth-order valence-electron chi connectivity index (χ4n) is 3.02. The summed E-state index contributed by atoms with van der Waals surface area (Å²) in [6.07, 6.45) is 17.2. The fraction of sp³-hybridized carbons (Fsp3) is 1.00. The molecule has 0 amide bonds. The first kappa shape index (κ1) is 18.0. The number of unbranched alkanes of at least 4 members (excludes halogenated alkanes) is 9. The Bertz CT molecular complexity index is 202. The summed E-state index contributed by atoms with van der Waals surface area (Å²) in [6, 6.07) is 0.741. The molecule has 0 radical (unpaired) electrons. The number of rotatable bonds is 14. The highest BCUT2D eigenvalue weighted by molar-refractivity contribution is 4.85. The van der Waals surface area contributed by atoms with Gasteiger partial charge in [0.25, 0.3) is 0 Å². The van der Waals surface area contributed by atoms with Crippen molar-refractivity contribution in [2.75, 3.05) is 13.2 Å². The van der Waals surface area contributed by atoms with Gasteiger partial charge in [-0.05, 0) is 32.7 Å². The molecule has 0 heterocycles. The number of nitrogens with one attached hydrogen (secondary N) is 1. The summed E-state index contributed by atoms with van der Waals surface area (Å²) < 4.78 is 5.57. The van der Waals surface area contributed by atoms with Gasteiger partial charge in [0.1, 0.15) is 0 Å². The highest BCUT2D eigenvalue weighted by Crippen LogP contribution is 2.23. The quantitative estimate of drug-likeness (QED) is 0.450.